The second-order valence-electron chi connectivity index (χ2n) is 5.02. The average molecular weight is 349 g/mol. The van der Waals surface area contributed by atoms with Gasteiger partial charge in [-0.2, -0.15) is 0 Å². The fourth-order valence-corrected chi connectivity index (χ4v) is 2.93. The number of nitrogens with one attached hydrogen (secondary N) is 1. The third-order valence-corrected chi connectivity index (χ3v) is 4.25. The molecule has 1 aromatic heterocycles. The van der Waals surface area contributed by atoms with Gasteiger partial charge in [0.15, 0.2) is 0 Å². The van der Waals surface area contributed by atoms with Gasteiger partial charge in [0.1, 0.15) is 0 Å². The van der Waals surface area contributed by atoms with Gasteiger partial charge in [0.25, 0.3) is 0 Å². The summed E-state index contributed by atoms with van der Waals surface area (Å²) in [5.41, 5.74) is 1.38. The molecule has 0 spiro atoms. The molecule has 0 aromatic carbocycles. The Bertz CT molecular complexity index is 344. The van der Waals surface area contributed by atoms with E-state index < -0.39 is 0 Å². The topological polar surface area (TPSA) is 24.5 Å². The van der Waals surface area contributed by atoms with Crippen molar-refractivity contribution in [2.24, 2.45) is 0 Å². The molecule has 110 valence electrons. The van der Waals surface area contributed by atoms with E-state index in [2.05, 4.69) is 58.5 Å². The standard InChI is InChI=1S/C14H25BrN2OS/c1-12(2)18-8-4-5-16-6-7-17(3)10-13-9-14(15)19-11-13/h9,11-12,16H,4-8,10H2,1-3H3. The van der Waals surface area contributed by atoms with Crippen molar-refractivity contribution in [2.75, 3.05) is 33.3 Å². The lowest BCUT2D eigenvalue weighted by Crippen LogP contribution is -2.29. The van der Waals surface area contributed by atoms with Crippen LogP contribution in [0.3, 0.4) is 0 Å². The predicted octanol–water partition coefficient (Wildman–Crippen LogP) is 3.35. The minimum Gasteiger partial charge on any atom is -0.379 e. The third kappa shape index (κ3) is 8.76. The summed E-state index contributed by atoms with van der Waals surface area (Å²) in [6, 6.07) is 2.19. The van der Waals surface area contributed by atoms with Crippen molar-refractivity contribution in [3.05, 3.63) is 20.8 Å². The minimum absolute atomic E-state index is 0.344. The first-order valence-electron chi connectivity index (χ1n) is 6.81. The highest BCUT2D eigenvalue weighted by Gasteiger charge is 2.02. The molecular formula is C14H25BrN2OS. The molecule has 0 radical (unpaired) electrons. The van der Waals surface area contributed by atoms with Crippen LogP contribution in [0.4, 0.5) is 0 Å². The highest BCUT2D eigenvalue weighted by atomic mass is 79.9. The molecule has 1 heterocycles. The van der Waals surface area contributed by atoms with E-state index in [-0.39, 0.29) is 0 Å². The lowest BCUT2D eigenvalue weighted by molar-refractivity contribution is 0.0770. The van der Waals surface area contributed by atoms with Crippen molar-refractivity contribution < 1.29 is 4.74 Å². The maximum atomic E-state index is 5.50. The number of nitrogens with zero attached hydrogens (tertiary/aromatic N) is 1. The zero-order valence-corrected chi connectivity index (χ0v) is 14.5. The average Bonchev–Trinajstić information content (AvgIpc) is 2.73. The highest BCUT2D eigenvalue weighted by molar-refractivity contribution is 9.11. The molecule has 0 bridgehead atoms. The number of ether oxygens (including phenoxy) is 1. The summed E-state index contributed by atoms with van der Waals surface area (Å²) < 4.78 is 6.70. The molecule has 0 fully saturated rings. The van der Waals surface area contributed by atoms with Crippen LogP contribution in [0, 0.1) is 0 Å². The largest absolute Gasteiger partial charge is 0.379 e. The Morgan fingerprint density at radius 2 is 2.21 bits per heavy atom. The van der Waals surface area contributed by atoms with Gasteiger partial charge in [-0.05, 0) is 66.8 Å². The maximum Gasteiger partial charge on any atom is 0.0701 e. The Morgan fingerprint density at radius 3 is 2.84 bits per heavy atom. The van der Waals surface area contributed by atoms with Crippen LogP contribution in [0.15, 0.2) is 15.2 Å². The maximum absolute atomic E-state index is 5.50. The van der Waals surface area contributed by atoms with Crippen molar-refractivity contribution >= 4 is 27.3 Å². The van der Waals surface area contributed by atoms with Gasteiger partial charge < -0.3 is 15.0 Å². The fourth-order valence-electron chi connectivity index (χ4n) is 1.73. The smallest absolute Gasteiger partial charge is 0.0701 e. The number of likely N-dealkylation sites (N-methyl/N-ethyl adjacent to an activating group) is 1. The minimum atomic E-state index is 0.344. The molecule has 1 rings (SSSR count). The van der Waals surface area contributed by atoms with E-state index in [9.17, 15) is 0 Å². The van der Waals surface area contributed by atoms with Crippen LogP contribution >= 0.6 is 27.3 Å². The molecule has 1 N–H and O–H groups in total. The summed E-state index contributed by atoms with van der Waals surface area (Å²) in [5, 5.41) is 5.66. The van der Waals surface area contributed by atoms with Crippen LogP contribution in [0.2, 0.25) is 0 Å². The van der Waals surface area contributed by atoms with Gasteiger partial charge in [-0.25, -0.2) is 0 Å². The molecular weight excluding hydrogens is 324 g/mol. The number of hydrogen-bond donors (Lipinski definition) is 1. The monoisotopic (exact) mass is 348 g/mol. The lowest BCUT2D eigenvalue weighted by atomic mass is 10.3. The number of rotatable bonds is 10. The van der Waals surface area contributed by atoms with Crippen LogP contribution in [0.25, 0.3) is 0 Å². The second-order valence-corrected chi connectivity index (χ2v) is 7.31. The molecule has 0 aliphatic carbocycles. The first-order valence-corrected chi connectivity index (χ1v) is 8.49. The first kappa shape index (κ1) is 17.1. The van der Waals surface area contributed by atoms with Crippen molar-refractivity contribution in [1.82, 2.24) is 10.2 Å². The van der Waals surface area contributed by atoms with E-state index in [1.54, 1.807) is 11.3 Å². The third-order valence-electron chi connectivity index (χ3n) is 2.69. The normalized spacial score (nSPS) is 11.7. The second kappa shape index (κ2) is 9.88. The quantitative estimate of drug-likeness (QED) is 0.656. The Labute approximate surface area is 129 Å². The van der Waals surface area contributed by atoms with Crippen molar-refractivity contribution in [2.45, 2.75) is 32.9 Å². The van der Waals surface area contributed by atoms with E-state index in [4.69, 9.17) is 4.74 Å². The number of halogens is 1. The van der Waals surface area contributed by atoms with Crippen molar-refractivity contribution in [1.29, 1.82) is 0 Å². The van der Waals surface area contributed by atoms with E-state index in [0.717, 1.165) is 39.2 Å². The fraction of sp³-hybridized carbons (Fsp3) is 0.714. The summed E-state index contributed by atoms with van der Waals surface area (Å²) in [4.78, 5) is 2.34. The Morgan fingerprint density at radius 1 is 1.42 bits per heavy atom. The van der Waals surface area contributed by atoms with Crippen LogP contribution in [-0.2, 0) is 11.3 Å². The molecule has 0 atom stereocenters. The van der Waals surface area contributed by atoms with Crippen molar-refractivity contribution in [3.63, 3.8) is 0 Å². The summed E-state index contributed by atoms with van der Waals surface area (Å²) >= 11 is 5.24. The molecule has 0 aliphatic rings. The van der Waals surface area contributed by atoms with E-state index >= 15 is 0 Å². The Hall–Kier alpha value is 0.0600. The molecule has 3 nitrogen and oxygen atoms in total. The van der Waals surface area contributed by atoms with Crippen LogP contribution in [0.1, 0.15) is 25.8 Å². The van der Waals surface area contributed by atoms with Crippen LogP contribution in [0.5, 0.6) is 0 Å². The van der Waals surface area contributed by atoms with Crippen LogP contribution in [-0.4, -0.2) is 44.3 Å². The number of thiophene rings is 1. The summed E-state index contributed by atoms with van der Waals surface area (Å²) in [6.07, 6.45) is 1.43. The predicted molar refractivity (Wildman–Crippen MR) is 86.9 cm³/mol. The summed E-state index contributed by atoms with van der Waals surface area (Å²) in [5.74, 6) is 0. The van der Waals surface area contributed by atoms with Gasteiger partial charge >= 0.3 is 0 Å². The number of hydrogen-bond acceptors (Lipinski definition) is 4. The van der Waals surface area contributed by atoms with Gasteiger partial charge in [-0.1, -0.05) is 0 Å². The SMILES string of the molecule is CC(C)OCCCNCCN(C)Cc1csc(Br)c1. The molecule has 0 saturated heterocycles. The molecule has 19 heavy (non-hydrogen) atoms. The van der Waals surface area contributed by atoms with E-state index in [1.807, 2.05) is 0 Å². The Kier molecular flexibility index (Phi) is 8.90. The van der Waals surface area contributed by atoms with Gasteiger partial charge in [-0.3, -0.25) is 0 Å². The zero-order chi connectivity index (χ0) is 14.1. The molecule has 1 aromatic rings. The van der Waals surface area contributed by atoms with E-state index in [0.29, 0.717) is 6.10 Å². The van der Waals surface area contributed by atoms with Crippen molar-refractivity contribution in [3.8, 4) is 0 Å². The Balaban J connectivity index is 1.97. The summed E-state index contributed by atoms with van der Waals surface area (Å²) in [7, 11) is 2.16. The van der Waals surface area contributed by atoms with Gasteiger partial charge in [0, 0.05) is 26.2 Å². The van der Waals surface area contributed by atoms with Gasteiger partial charge in [0.2, 0.25) is 0 Å². The lowest BCUT2D eigenvalue weighted by Gasteiger charge is -2.16. The van der Waals surface area contributed by atoms with Gasteiger partial charge in [0.05, 0.1) is 9.89 Å². The summed E-state index contributed by atoms with van der Waals surface area (Å²) in [6.45, 7) is 9.15. The van der Waals surface area contributed by atoms with E-state index in [1.165, 1.54) is 9.35 Å². The molecule has 0 aliphatic heterocycles. The highest BCUT2D eigenvalue weighted by Crippen LogP contribution is 2.21. The van der Waals surface area contributed by atoms with Gasteiger partial charge in [-0.15, -0.1) is 11.3 Å². The van der Waals surface area contributed by atoms with Crippen LogP contribution < -0.4 is 5.32 Å². The molecule has 0 unspecified atom stereocenters. The molecule has 0 saturated carbocycles. The zero-order valence-electron chi connectivity index (χ0n) is 12.1. The molecule has 0 amide bonds. The first-order chi connectivity index (χ1) is 9.08. The molecule has 5 heteroatoms.